The largest absolute Gasteiger partial charge is 0.265 e. The van der Waals surface area contributed by atoms with Gasteiger partial charge in [-0.15, -0.1) is 11.3 Å². The van der Waals surface area contributed by atoms with Crippen LogP contribution in [0.25, 0.3) is 32.3 Å². The van der Waals surface area contributed by atoms with Gasteiger partial charge in [0.15, 0.2) is 0 Å². The lowest BCUT2D eigenvalue weighted by molar-refractivity contribution is 0.687. The van der Waals surface area contributed by atoms with Crippen LogP contribution in [-0.2, 0) is 10.8 Å². The summed E-state index contributed by atoms with van der Waals surface area (Å²) in [6.45, 7) is 2.08. The summed E-state index contributed by atoms with van der Waals surface area (Å²) in [6, 6.07) is 20.3. The van der Waals surface area contributed by atoms with Gasteiger partial charge in [-0.1, -0.05) is 42.0 Å². The van der Waals surface area contributed by atoms with Gasteiger partial charge in [0.25, 0.3) is 0 Å². The van der Waals surface area contributed by atoms with E-state index in [2.05, 4.69) is 36.2 Å². The minimum atomic E-state index is -0.978. The second-order valence-electron chi connectivity index (χ2n) is 6.28. The highest BCUT2D eigenvalue weighted by atomic mass is 32.2. The van der Waals surface area contributed by atoms with Crippen LogP contribution in [0.2, 0.25) is 0 Å². The van der Waals surface area contributed by atoms with Gasteiger partial charge in [0.2, 0.25) is 0 Å². The van der Waals surface area contributed by atoms with E-state index >= 15 is 0 Å². The Hall–Kier alpha value is -2.63. The summed E-state index contributed by atoms with van der Waals surface area (Å²) in [5.74, 6) is 0. The van der Waals surface area contributed by atoms with Crippen LogP contribution in [0.15, 0.2) is 78.0 Å². The Morgan fingerprint density at radius 1 is 0.815 bits per heavy atom. The van der Waals surface area contributed by atoms with Crippen LogP contribution < -0.4 is 0 Å². The number of aryl methyl sites for hydroxylation is 1. The van der Waals surface area contributed by atoms with Crippen molar-refractivity contribution >= 4 is 22.1 Å². The smallest absolute Gasteiger partial charge is 0.124 e. The summed E-state index contributed by atoms with van der Waals surface area (Å²) >= 11 is 1.66. The molecule has 0 aliphatic heterocycles. The summed E-state index contributed by atoms with van der Waals surface area (Å²) in [4.78, 5) is 11.0. The molecule has 2 heterocycles. The van der Waals surface area contributed by atoms with Crippen molar-refractivity contribution in [2.75, 3.05) is 6.26 Å². The van der Waals surface area contributed by atoms with Crippen molar-refractivity contribution in [1.82, 2.24) is 9.97 Å². The highest BCUT2D eigenvalue weighted by Gasteiger charge is 2.16. The first-order valence-corrected chi connectivity index (χ1v) is 10.9. The fourth-order valence-corrected chi connectivity index (χ4v) is 4.46. The van der Waals surface area contributed by atoms with Crippen molar-refractivity contribution in [3.8, 4) is 32.3 Å². The second kappa shape index (κ2) is 7.55. The predicted octanol–water partition coefficient (Wildman–Crippen LogP) is 5.58. The van der Waals surface area contributed by atoms with Crippen LogP contribution in [0.4, 0.5) is 0 Å². The molecule has 134 valence electrons. The maximum absolute atomic E-state index is 11.6. The minimum absolute atomic E-state index is 0.823. The molecule has 2 aromatic heterocycles. The molecule has 0 aliphatic rings. The molecular weight excluding hydrogens is 372 g/mol. The molecule has 2 aromatic carbocycles. The first-order chi connectivity index (χ1) is 13.1. The van der Waals surface area contributed by atoms with E-state index in [-0.39, 0.29) is 0 Å². The number of aromatic nitrogens is 2. The lowest BCUT2D eigenvalue weighted by Crippen LogP contribution is -1.87. The Kier molecular flexibility index (Phi) is 4.97. The van der Waals surface area contributed by atoms with Crippen LogP contribution in [0, 0.1) is 6.92 Å². The molecule has 1 atom stereocenters. The molecule has 3 nitrogen and oxygen atoms in total. The molecule has 0 saturated carbocycles. The van der Waals surface area contributed by atoms with E-state index in [0.29, 0.717) is 0 Å². The Bertz CT molecular complexity index is 1090. The molecule has 27 heavy (non-hydrogen) atoms. The van der Waals surface area contributed by atoms with Gasteiger partial charge in [0.05, 0.1) is 10.6 Å². The summed E-state index contributed by atoms with van der Waals surface area (Å²) in [5, 5.41) is 0.950. The Balaban J connectivity index is 1.84. The standard InChI is InChI=1S/C22H18N2OS2/c1-15-3-5-16(6-4-15)20-21(17-11-13-23-14-12-17)26-22(24-20)18-7-9-19(10-8-18)27(2)25/h3-14H,1-2H3. The van der Waals surface area contributed by atoms with E-state index in [9.17, 15) is 4.21 Å². The molecule has 0 fully saturated rings. The van der Waals surface area contributed by atoms with Gasteiger partial charge in [-0.2, -0.15) is 0 Å². The topological polar surface area (TPSA) is 42.9 Å². The maximum atomic E-state index is 11.6. The Morgan fingerprint density at radius 2 is 1.44 bits per heavy atom. The van der Waals surface area contributed by atoms with E-state index in [0.717, 1.165) is 37.2 Å². The van der Waals surface area contributed by atoms with Crippen LogP contribution in [0.5, 0.6) is 0 Å². The fraction of sp³-hybridized carbons (Fsp3) is 0.0909. The van der Waals surface area contributed by atoms with Crippen molar-refractivity contribution in [3.05, 3.63) is 78.6 Å². The van der Waals surface area contributed by atoms with Gasteiger partial charge >= 0.3 is 0 Å². The monoisotopic (exact) mass is 390 g/mol. The van der Waals surface area contributed by atoms with E-state index in [1.807, 2.05) is 36.4 Å². The molecule has 0 N–H and O–H groups in total. The molecule has 0 amide bonds. The molecule has 1 unspecified atom stereocenters. The first kappa shape index (κ1) is 17.8. The third-order valence-corrected chi connectivity index (χ3v) is 6.42. The van der Waals surface area contributed by atoms with Gasteiger partial charge < -0.3 is 0 Å². The number of nitrogens with zero attached hydrogens (tertiary/aromatic N) is 2. The number of hydrogen-bond acceptors (Lipinski definition) is 4. The molecule has 5 heteroatoms. The van der Waals surface area contributed by atoms with Gasteiger partial charge in [0, 0.05) is 45.5 Å². The van der Waals surface area contributed by atoms with Crippen LogP contribution >= 0.6 is 11.3 Å². The number of benzene rings is 2. The lowest BCUT2D eigenvalue weighted by atomic mass is 10.1. The van der Waals surface area contributed by atoms with Crippen molar-refractivity contribution in [3.63, 3.8) is 0 Å². The lowest BCUT2D eigenvalue weighted by Gasteiger charge is -2.03. The predicted molar refractivity (Wildman–Crippen MR) is 113 cm³/mol. The third kappa shape index (κ3) is 3.75. The number of hydrogen-bond donors (Lipinski definition) is 0. The van der Waals surface area contributed by atoms with Gasteiger partial charge in [0.1, 0.15) is 5.01 Å². The maximum Gasteiger partial charge on any atom is 0.124 e. The SMILES string of the molecule is Cc1ccc(-c2nc(-c3ccc(S(C)=O)cc3)sc2-c2ccncc2)cc1. The Labute approximate surface area is 165 Å². The number of thiazole rings is 1. The minimum Gasteiger partial charge on any atom is -0.265 e. The van der Waals surface area contributed by atoms with Crippen molar-refractivity contribution in [2.24, 2.45) is 0 Å². The average molecular weight is 391 g/mol. The highest BCUT2D eigenvalue weighted by Crippen LogP contribution is 2.40. The fourth-order valence-electron chi connectivity index (χ4n) is 2.84. The zero-order valence-electron chi connectivity index (χ0n) is 15.0. The number of rotatable bonds is 4. The molecule has 0 radical (unpaired) electrons. The van der Waals surface area contributed by atoms with E-state index in [1.165, 1.54) is 5.56 Å². The third-order valence-electron chi connectivity index (χ3n) is 4.33. The molecule has 0 bridgehead atoms. The van der Waals surface area contributed by atoms with Gasteiger partial charge in [-0.25, -0.2) is 4.98 Å². The normalized spacial score (nSPS) is 12.1. The van der Waals surface area contributed by atoms with Crippen LogP contribution in [-0.4, -0.2) is 20.4 Å². The van der Waals surface area contributed by atoms with Crippen molar-refractivity contribution in [1.29, 1.82) is 0 Å². The van der Waals surface area contributed by atoms with Crippen molar-refractivity contribution in [2.45, 2.75) is 11.8 Å². The zero-order valence-corrected chi connectivity index (χ0v) is 16.7. The zero-order chi connectivity index (χ0) is 18.8. The molecular formula is C22H18N2OS2. The molecule has 0 saturated heterocycles. The molecule has 0 spiro atoms. The molecule has 4 rings (SSSR count). The summed E-state index contributed by atoms with van der Waals surface area (Å²) in [5.41, 5.74) is 5.44. The summed E-state index contributed by atoms with van der Waals surface area (Å²) in [7, 11) is -0.978. The first-order valence-electron chi connectivity index (χ1n) is 8.54. The summed E-state index contributed by atoms with van der Waals surface area (Å²) in [6.07, 6.45) is 5.30. The van der Waals surface area contributed by atoms with Crippen LogP contribution in [0.3, 0.4) is 0 Å². The van der Waals surface area contributed by atoms with Gasteiger partial charge in [-0.3, -0.25) is 9.19 Å². The van der Waals surface area contributed by atoms with Gasteiger partial charge in [-0.05, 0) is 36.8 Å². The second-order valence-corrected chi connectivity index (χ2v) is 8.66. The van der Waals surface area contributed by atoms with Crippen molar-refractivity contribution < 1.29 is 4.21 Å². The van der Waals surface area contributed by atoms with Crippen LogP contribution in [0.1, 0.15) is 5.56 Å². The number of pyridine rings is 1. The molecule has 4 aromatic rings. The molecule has 0 aliphatic carbocycles. The highest BCUT2D eigenvalue weighted by molar-refractivity contribution is 7.84. The van der Waals surface area contributed by atoms with E-state index < -0.39 is 10.8 Å². The quantitative estimate of drug-likeness (QED) is 0.456. The summed E-state index contributed by atoms with van der Waals surface area (Å²) < 4.78 is 11.6. The van der Waals surface area contributed by atoms with E-state index in [1.54, 1.807) is 30.0 Å². The average Bonchev–Trinajstić information content (AvgIpc) is 3.15. The van der Waals surface area contributed by atoms with E-state index in [4.69, 9.17) is 4.98 Å². The Morgan fingerprint density at radius 3 is 2.07 bits per heavy atom.